The number of hydrogen-bond acceptors (Lipinski definition) is 6. The molecule has 0 saturated carbocycles. The van der Waals surface area contributed by atoms with Gasteiger partial charge in [-0.05, 0) is 45.0 Å². The highest BCUT2D eigenvalue weighted by Crippen LogP contribution is 2.34. The predicted octanol–water partition coefficient (Wildman–Crippen LogP) is 3.87. The number of nitrogens with one attached hydrogen (secondary N) is 4. The molecule has 3 heterocycles. The molecule has 5 rings (SSSR count). The monoisotopic (exact) mass is 436 g/mol. The zero-order valence-electron chi connectivity index (χ0n) is 19.0. The minimum absolute atomic E-state index is 0.292. The van der Waals surface area contributed by atoms with E-state index < -0.39 is 0 Å². The number of anilines is 4. The Morgan fingerprint density at radius 1 is 1.12 bits per heavy atom. The molecule has 0 amide bonds. The van der Waals surface area contributed by atoms with Crippen LogP contribution in [-0.2, 0) is 7.05 Å². The summed E-state index contributed by atoms with van der Waals surface area (Å²) in [5, 5.41) is 23.5. The average Bonchev–Trinajstić information content (AvgIpc) is 3.28. The minimum atomic E-state index is -0.292. The fourth-order valence-corrected chi connectivity index (χ4v) is 4.72. The summed E-state index contributed by atoms with van der Waals surface area (Å²) in [6.45, 7) is 8.01. The van der Waals surface area contributed by atoms with Gasteiger partial charge >= 0.3 is 0 Å². The van der Waals surface area contributed by atoms with Crippen LogP contribution < -0.4 is 20.9 Å². The average molecular weight is 437 g/mol. The van der Waals surface area contributed by atoms with E-state index in [2.05, 4.69) is 50.0 Å². The van der Waals surface area contributed by atoms with Crippen molar-refractivity contribution in [3.05, 3.63) is 35.8 Å². The van der Waals surface area contributed by atoms with E-state index in [-0.39, 0.29) is 5.82 Å². The third kappa shape index (κ3) is 3.42. The summed E-state index contributed by atoms with van der Waals surface area (Å²) in [6.07, 6.45) is 0. The van der Waals surface area contributed by atoms with E-state index in [1.165, 1.54) is 0 Å². The Morgan fingerprint density at radius 2 is 1.88 bits per heavy atom. The van der Waals surface area contributed by atoms with Crippen molar-refractivity contribution in [3.63, 3.8) is 0 Å². The topological polar surface area (TPSA) is 85.8 Å². The molecule has 1 fully saturated rings. The highest BCUT2D eigenvalue weighted by atomic mass is 19.1. The molecule has 8 nitrogen and oxygen atoms in total. The molecule has 1 aliphatic heterocycles. The van der Waals surface area contributed by atoms with Gasteiger partial charge in [-0.2, -0.15) is 10.2 Å². The first-order valence-corrected chi connectivity index (χ1v) is 10.9. The predicted molar refractivity (Wildman–Crippen MR) is 129 cm³/mol. The van der Waals surface area contributed by atoms with Crippen LogP contribution in [0.2, 0.25) is 0 Å². The van der Waals surface area contributed by atoms with Crippen LogP contribution in [0.1, 0.15) is 19.5 Å². The van der Waals surface area contributed by atoms with Crippen molar-refractivity contribution in [1.29, 1.82) is 0 Å². The molecular formula is C23H29FN8. The van der Waals surface area contributed by atoms with E-state index in [0.29, 0.717) is 28.8 Å². The highest BCUT2D eigenvalue weighted by Gasteiger charge is 2.23. The Balaban J connectivity index is 1.51. The first-order chi connectivity index (χ1) is 15.3. The van der Waals surface area contributed by atoms with Gasteiger partial charge in [-0.3, -0.25) is 9.78 Å². The first-order valence-electron chi connectivity index (χ1n) is 10.9. The van der Waals surface area contributed by atoms with Gasteiger partial charge in [0.05, 0.1) is 16.6 Å². The van der Waals surface area contributed by atoms with Crippen molar-refractivity contribution < 1.29 is 4.39 Å². The van der Waals surface area contributed by atoms with E-state index in [9.17, 15) is 0 Å². The molecule has 32 heavy (non-hydrogen) atoms. The normalized spacial score (nSPS) is 19.1. The second kappa shape index (κ2) is 7.67. The molecule has 4 aromatic rings. The molecule has 1 saturated heterocycles. The Kier molecular flexibility index (Phi) is 4.93. The van der Waals surface area contributed by atoms with Gasteiger partial charge < -0.3 is 20.9 Å². The number of halogens is 1. The zero-order chi connectivity index (χ0) is 22.6. The molecule has 2 atom stereocenters. The molecule has 0 unspecified atom stereocenters. The third-order valence-corrected chi connectivity index (χ3v) is 6.29. The maximum absolute atomic E-state index is 15.3. The lowest BCUT2D eigenvalue weighted by molar-refractivity contribution is 0.407. The van der Waals surface area contributed by atoms with Crippen LogP contribution in [0.4, 0.5) is 27.3 Å². The van der Waals surface area contributed by atoms with Gasteiger partial charge in [0, 0.05) is 61.7 Å². The van der Waals surface area contributed by atoms with E-state index >= 15 is 4.39 Å². The molecule has 0 bridgehead atoms. The molecule has 0 radical (unpaired) electrons. The second-order valence-corrected chi connectivity index (χ2v) is 8.80. The number of benzene rings is 2. The van der Waals surface area contributed by atoms with Crippen molar-refractivity contribution in [2.75, 3.05) is 35.7 Å². The summed E-state index contributed by atoms with van der Waals surface area (Å²) >= 11 is 0. The fourth-order valence-electron chi connectivity index (χ4n) is 4.72. The van der Waals surface area contributed by atoms with E-state index in [0.717, 1.165) is 46.7 Å². The molecule has 1 aliphatic rings. The van der Waals surface area contributed by atoms with Crippen molar-refractivity contribution in [2.24, 2.45) is 7.05 Å². The molecule has 168 valence electrons. The highest BCUT2D eigenvalue weighted by molar-refractivity contribution is 5.98. The maximum Gasteiger partial charge on any atom is 0.163 e. The molecule has 4 N–H and O–H groups in total. The Morgan fingerprint density at radius 3 is 2.59 bits per heavy atom. The van der Waals surface area contributed by atoms with Crippen molar-refractivity contribution in [1.82, 2.24) is 25.3 Å². The molecular weight excluding hydrogens is 407 g/mol. The van der Waals surface area contributed by atoms with Crippen LogP contribution in [0.3, 0.4) is 0 Å². The fraction of sp³-hybridized carbons (Fsp3) is 0.391. The number of rotatable bonds is 4. The van der Waals surface area contributed by atoms with Gasteiger partial charge in [-0.1, -0.05) is 0 Å². The largest absolute Gasteiger partial charge is 0.386 e. The van der Waals surface area contributed by atoms with Crippen LogP contribution in [0.15, 0.2) is 24.3 Å². The Hall–Kier alpha value is -3.33. The maximum atomic E-state index is 15.3. The second-order valence-electron chi connectivity index (χ2n) is 8.80. The van der Waals surface area contributed by atoms with Crippen LogP contribution in [-0.4, -0.2) is 52.2 Å². The van der Waals surface area contributed by atoms with Crippen molar-refractivity contribution in [3.8, 4) is 0 Å². The minimum Gasteiger partial charge on any atom is -0.386 e. The number of fused-ring (bicyclic) bond motifs is 2. The summed E-state index contributed by atoms with van der Waals surface area (Å²) in [4.78, 5) is 2.22. The number of hydrogen-bond donors (Lipinski definition) is 4. The number of aryl methyl sites for hydroxylation is 2. The van der Waals surface area contributed by atoms with E-state index in [1.807, 2.05) is 43.9 Å². The van der Waals surface area contributed by atoms with Crippen LogP contribution in [0.25, 0.3) is 21.8 Å². The summed E-state index contributed by atoms with van der Waals surface area (Å²) in [5.41, 5.74) is 5.23. The van der Waals surface area contributed by atoms with Gasteiger partial charge in [0.1, 0.15) is 11.3 Å². The number of aromatic nitrogens is 4. The van der Waals surface area contributed by atoms with Crippen molar-refractivity contribution >= 4 is 44.7 Å². The summed E-state index contributed by atoms with van der Waals surface area (Å²) in [6, 6.07) is 8.28. The van der Waals surface area contributed by atoms with Crippen LogP contribution >= 0.6 is 0 Å². The molecule has 2 aromatic carbocycles. The van der Waals surface area contributed by atoms with Gasteiger partial charge in [0.2, 0.25) is 0 Å². The lowest BCUT2D eigenvalue weighted by Gasteiger charge is -2.37. The number of aromatic amines is 1. The Labute approximate surface area is 186 Å². The zero-order valence-corrected chi connectivity index (χ0v) is 19.0. The number of H-pyrrole nitrogens is 1. The standard InChI is InChI=1S/C23H29FN8/c1-12-10-32(11-13(2)26-12)16-8-18(24)21-19(9-16)28-29-23(21)27-15-6-17-14(3)31(5)30-22(17)20(7-15)25-4/h6-9,12-13,25-26H,10-11H2,1-5H3,(H2,27,28,29)/t12-,13-/m1/s1. The third-order valence-electron chi connectivity index (χ3n) is 6.29. The van der Waals surface area contributed by atoms with E-state index in [4.69, 9.17) is 0 Å². The number of piperazine rings is 1. The number of nitrogens with zero attached hydrogens (tertiary/aromatic N) is 4. The quantitative estimate of drug-likeness (QED) is 0.389. The lowest BCUT2D eigenvalue weighted by Crippen LogP contribution is -2.54. The molecule has 9 heteroatoms. The lowest BCUT2D eigenvalue weighted by atomic mass is 10.1. The first kappa shape index (κ1) is 20.6. The van der Waals surface area contributed by atoms with Gasteiger partial charge in [-0.15, -0.1) is 0 Å². The SMILES string of the molecule is CNc1cc(Nc2n[nH]c3cc(N4C[C@@H](C)N[C@H](C)C4)cc(F)c23)cc2c(C)n(C)nc12. The van der Waals surface area contributed by atoms with Crippen LogP contribution in [0.5, 0.6) is 0 Å². The van der Waals surface area contributed by atoms with Gasteiger partial charge in [0.15, 0.2) is 5.82 Å². The molecule has 0 spiro atoms. The van der Waals surface area contributed by atoms with Crippen LogP contribution in [0, 0.1) is 12.7 Å². The smallest absolute Gasteiger partial charge is 0.163 e. The van der Waals surface area contributed by atoms with Gasteiger partial charge in [-0.25, -0.2) is 4.39 Å². The summed E-state index contributed by atoms with van der Waals surface area (Å²) in [5.74, 6) is 0.175. The summed E-state index contributed by atoms with van der Waals surface area (Å²) < 4.78 is 17.1. The Bertz CT molecular complexity index is 1300. The molecule has 2 aromatic heterocycles. The molecule has 0 aliphatic carbocycles. The van der Waals surface area contributed by atoms with E-state index in [1.54, 1.807) is 6.07 Å². The van der Waals surface area contributed by atoms with Gasteiger partial charge in [0.25, 0.3) is 0 Å². The van der Waals surface area contributed by atoms with Crippen molar-refractivity contribution in [2.45, 2.75) is 32.9 Å². The summed E-state index contributed by atoms with van der Waals surface area (Å²) in [7, 11) is 3.79.